The maximum atomic E-state index is 13.2. The lowest BCUT2D eigenvalue weighted by Crippen LogP contribution is -2.50. The molecule has 3 atom stereocenters. The summed E-state index contributed by atoms with van der Waals surface area (Å²) in [6.07, 6.45) is 8.27. The molecule has 0 bridgehead atoms. The van der Waals surface area contributed by atoms with E-state index in [0.717, 1.165) is 5.56 Å². The van der Waals surface area contributed by atoms with E-state index in [1.807, 2.05) is 68.2 Å². The van der Waals surface area contributed by atoms with E-state index in [4.69, 9.17) is 4.74 Å². The van der Waals surface area contributed by atoms with Crippen molar-refractivity contribution in [3.05, 3.63) is 60.2 Å². The second kappa shape index (κ2) is 7.99. The number of likely N-dealkylation sites (tertiary alicyclic amines) is 1. The second-order valence-corrected chi connectivity index (χ2v) is 8.23. The van der Waals surface area contributed by atoms with Crippen molar-refractivity contribution in [2.75, 3.05) is 13.1 Å². The molecule has 1 aliphatic heterocycles. The van der Waals surface area contributed by atoms with Gasteiger partial charge in [0.1, 0.15) is 11.6 Å². The van der Waals surface area contributed by atoms with Gasteiger partial charge in [-0.1, -0.05) is 54.6 Å². The number of hydrogen-bond donors (Lipinski definition) is 1. The van der Waals surface area contributed by atoms with E-state index >= 15 is 0 Å². The van der Waals surface area contributed by atoms with Crippen LogP contribution >= 0.6 is 0 Å². The largest absolute Gasteiger partial charge is 0.444 e. The summed E-state index contributed by atoms with van der Waals surface area (Å²) >= 11 is 0. The number of fused-ring (bicyclic) bond motifs is 1. The lowest BCUT2D eigenvalue weighted by Gasteiger charge is -2.26. The van der Waals surface area contributed by atoms with Crippen LogP contribution in [0.3, 0.4) is 0 Å². The summed E-state index contributed by atoms with van der Waals surface area (Å²) in [5.74, 6) is 0.664. The summed E-state index contributed by atoms with van der Waals surface area (Å²) in [4.78, 5) is 27.4. The molecule has 0 radical (unpaired) electrons. The van der Waals surface area contributed by atoms with Crippen molar-refractivity contribution in [2.45, 2.75) is 38.8 Å². The van der Waals surface area contributed by atoms with E-state index in [2.05, 4.69) is 17.5 Å². The first-order chi connectivity index (χ1) is 12.8. The Kier molecular flexibility index (Phi) is 5.68. The predicted molar refractivity (Wildman–Crippen MR) is 105 cm³/mol. The second-order valence-electron chi connectivity index (χ2n) is 8.23. The number of hydrogen-bond acceptors (Lipinski definition) is 3. The van der Waals surface area contributed by atoms with Crippen LogP contribution in [0.5, 0.6) is 0 Å². The van der Waals surface area contributed by atoms with Gasteiger partial charge in [0.05, 0.1) is 0 Å². The SMILES string of the molecule is CC(C)(C)OC(=O)NC(Cc1ccccc1)C(=O)N1CC2C=CC=CC2C1. The van der Waals surface area contributed by atoms with Crippen LogP contribution in [-0.4, -0.2) is 41.6 Å². The summed E-state index contributed by atoms with van der Waals surface area (Å²) in [6, 6.07) is 9.09. The van der Waals surface area contributed by atoms with Crippen molar-refractivity contribution >= 4 is 12.0 Å². The molecular formula is C22H28N2O3. The minimum atomic E-state index is -0.643. The Morgan fingerprint density at radius 2 is 1.70 bits per heavy atom. The fraction of sp³-hybridized carbons (Fsp3) is 0.455. The van der Waals surface area contributed by atoms with Gasteiger partial charge in [-0.2, -0.15) is 0 Å². The zero-order valence-electron chi connectivity index (χ0n) is 16.2. The molecule has 2 aliphatic rings. The Morgan fingerprint density at radius 3 is 2.26 bits per heavy atom. The van der Waals surface area contributed by atoms with Crippen LogP contribution in [0.1, 0.15) is 26.3 Å². The Bertz CT molecular complexity index is 714. The molecule has 1 aliphatic carbocycles. The summed E-state index contributed by atoms with van der Waals surface area (Å²) in [5, 5.41) is 2.79. The summed E-state index contributed by atoms with van der Waals surface area (Å²) in [5.41, 5.74) is 0.395. The van der Waals surface area contributed by atoms with Gasteiger partial charge in [-0.15, -0.1) is 0 Å². The Balaban J connectivity index is 1.72. The maximum Gasteiger partial charge on any atom is 0.408 e. The van der Waals surface area contributed by atoms with Crippen molar-refractivity contribution in [3.8, 4) is 0 Å². The molecule has 3 unspecified atom stereocenters. The number of allylic oxidation sites excluding steroid dienone is 2. The summed E-state index contributed by atoms with van der Waals surface area (Å²) < 4.78 is 5.37. The third-order valence-corrected chi connectivity index (χ3v) is 4.82. The Hall–Kier alpha value is -2.56. The highest BCUT2D eigenvalue weighted by atomic mass is 16.6. The van der Waals surface area contributed by atoms with Gasteiger partial charge in [0.2, 0.25) is 5.91 Å². The van der Waals surface area contributed by atoms with Gasteiger partial charge in [-0.3, -0.25) is 4.79 Å². The van der Waals surface area contributed by atoms with Crippen molar-refractivity contribution in [3.63, 3.8) is 0 Å². The van der Waals surface area contributed by atoms with Gasteiger partial charge in [-0.25, -0.2) is 4.79 Å². The molecule has 5 nitrogen and oxygen atoms in total. The molecule has 2 amide bonds. The van der Waals surface area contributed by atoms with Crippen LogP contribution in [0.2, 0.25) is 0 Å². The lowest BCUT2D eigenvalue weighted by atomic mass is 9.92. The van der Waals surface area contributed by atoms with E-state index in [9.17, 15) is 9.59 Å². The monoisotopic (exact) mass is 368 g/mol. The van der Waals surface area contributed by atoms with E-state index in [-0.39, 0.29) is 5.91 Å². The lowest BCUT2D eigenvalue weighted by molar-refractivity contribution is -0.132. The Labute approximate surface area is 161 Å². The standard InChI is InChI=1S/C22H28N2O3/c1-22(2,3)27-21(26)23-19(13-16-9-5-4-6-10-16)20(25)24-14-17-11-7-8-12-18(17)15-24/h4-12,17-19H,13-15H2,1-3H3,(H,23,26). The Morgan fingerprint density at radius 1 is 1.11 bits per heavy atom. The summed E-state index contributed by atoms with van der Waals surface area (Å²) in [7, 11) is 0. The molecular weight excluding hydrogens is 340 g/mol. The van der Waals surface area contributed by atoms with Gasteiger partial charge in [0.25, 0.3) is 0 Å². The van der Waals surface area contributed by atoms with E-state index in [1.54, 1.807) is 0 Å². The number of rotatable bonds is 4. The molecule has 0 saturated carbocycles. The zero-order valence-corrected chi connectivity index (χ0v) is 16.2. The molecule has 3 rings (SSSR count). The van der Waals surface area contributed by atoms with Gasteiger partial charge in [0.15, 0.2) is 0 Å². The number of amides is 2. The van der Waals surface area contributed by atoms with Gasteiger partial charge < -0.3 is 15.0 Å². The average molecular weight is 368 g/mol. The molecule has 1 N–H and O–H groups in total. The first kappa shape index (κ1) is 19.2. The number of benzene rings is 1. The third-order valence-electron chi connectivity index (χ3n) is 4.82. The fourth-order valence-corrected chi connectivity index (χ4v) is 3.58. The van der Waals surface area contributed by atoms with Crippen molar-refractivity contribution in [1.82, 2.24) is 10.2 Å². The van der Waals surface area contributed by atoms with Crippen LogP contribution in [0.15, 0.2) is 54.6 Å². The van der Waals surface area contributed by atoms with Crippen LogP contribution in [0.4, 0.5) is 4.79 Å². The van der Waals surface area contributed by atoms with Gasteiger partial charge in [-0.05, 0) is 26.3 Å². The number of carbonyl (C=O) groups excluding carboxylic acids is 2. The van der Waals surface area contributed by atoms with Gasteiger partial charge >= 0.3 is 6.09 Å². The molecule has 27 heavy (non-hydrogen) atoms. The molecule has 1 saturated heterocycles. The van der Waals surface area contributed by atoms with Crippen molar-refractivity contribution in [2.24, 2.45) is 11.8 Å². The molecule has 1 aromatic carbocycles. The molecule has 1 heterocycles. The molecule has 0 aromatic heterocycles. The van der Waals surface area contributed by atoms with Crippen LogP contribution in [0, 0.1) is 11.8 Å². The predicted octanol–water partition coefficient (Wildman–Crippen LogP) is 3.32. The van der Waals surface area contributed by atoms with Gasteiger partial charge in [0, 0.05) is 31.3 Å². The topological polar surface area (TPSA) is 58.6 Å². The average Bonchev–Trinajstić information content (AvgIpc) is 3.04. The fourth-order valence-electron chi connectivity index (χ4n) is 3.58. The molecule has 1 fully saturated rings. The van der Waals surface area contributed by atoms with Crippen LogP contribution in [0.25, 0.3) is 0 Å². The summed E-state index contributed by atoms with van der Waals surface area (Å²) in [6.45, 7) is 6.80. The third kappa shape index (κ3) is 5.22. The number of nitrogens with zero attached hydrogens (tertiary/aromatic N) is 1. The highest BCUT2D eigenvalue weighted by Gasteiger charge is 2.36. The maximum absolute atomic E-state index is 13.2. The van der Waals surface area contributed by atoms with Crippen LogP contribution in [-0.2, 0) is 16.0 Å². The molecule has 0 spiro atoms. The minimum Gasteiger partial charge on any atom is -0.444 e. The minimum absolute atomic E-state index is 0.0547. The first-order valence-electron chi connectivity index (χ1n) is 9.49. The first-order valence-corrected chi connectivity index (χ1v) is 9.49. The zero-order chi connectivity index (χ0) is 19.4. The number of alkyl carbamates (subject to hydrolysis) is 1. The van der Waals surface area contributed by atoms with E-state index < -0.39 is 17.7 Å². The smallest absolute Gasteiger partial charge is 0.408 e. The normalized spacial score (nSPS) is 22.3. The quantitative estimate of drug-likeness (QED) is 0.887. The van der Waals surface area contributed by atoms with Crippen LogP contribution < -0.4 is 5.32 Å². The molecule has 144 valence electrons. The highest BCUT2D eigenvalue weighted by Crippen LogP contribution is 2.29. The number of nitrogens with one attached hydrogen (secondary N) is 1. The number of carbonyl (C=O) groups is 2. The highest BCUT2D eigenvalue weighted by molar-refractivity contribution is 5.86. The van der Waals surface area contributed by atoms with E-state index in [1.165, 1.54) is 0 Å². The van der Waals surface area contributed by atoms with Crippen molar-refractivity contribution < 1.29 is 14.3 Å². The van der Waals surface area contributed by atoms with E-state index in [0.29, 0.717) is 31.3 Å². The molecule has 5 heteroatoms. The number of ether oxygens (including phenoxy) is 1. The van der Waals surface area contributed by atoms with Crippen molar-refractivity contribution in [1.29, 1.82) is 0 Å². The molecule has 1 aromatic rings.